The predicted molar refractivity (Wildman–Crippen MR) is 121 cm³/mol. The standard InChI is InChI=1S/C27H22N2O2/c30-27(22-14-8-3-9-15-22)28-17-16-25-23(19-28)18-24(20-10-4-1-5-11-20)26(29(25)31)21-12-6-2-7-13-21/h1-15,18H,16-17,19H2. The van der Waals surface area contributed by atoms with E-state index in [-0.39, 0.29) is 5.91 Å². The summed E-state index contributed by atoms with van der Waals surface area (Å²) >= 11 is 0. The van der Waals surface area contributed by atoms with Crippen LogP contribution >= 0.6 is 0 Å². The third-order valence-electron chi connectivity index (χ3n) is 5.81. The molecule has 1 aromatic heterocycles. The van der Waals surface area contributed by atoms with Crippen molar-refractivity contribution in [3.05, 3.63) is 119 Å². The molecule has 4 aromatic rings. The monoisotopic (exact) mass is 406 g/mol. The van der Waals surface area contributed by atoms with Crippen LogP contribution in [0, 0.1) is 5.21 Å². The number of hydrogen-bond acceptors (Lipinski definition) is 2. The molecule has 0 fully saturated rings. The summed E-state index contributed by atoms with van der Waals surface area (Å²) in [6.07, 6.45) is 0.534. The zero-order chi connectivity index (χ0) is 21.2. The highest BCUT2D eigenvalue weighted by atomic mass is 16.5. The van der Waals surface area contributed by atoms with Gasteiger partial charge in [0.05, 0.1) is 18.5 Å². The highest BCUT2D eigenvalue weighted by Crippen LogP contribution is 2.33. The molecule has 1 aliphatic heterocycles. The van der Waals surface area contributed by atoms with Crippen LogP contribution in [0.1, 0.15) is 21.6 Å². The van der Waals surface area contributed by atoms with Crippen LogP contribution in [-0.4, -0.2) is 17.4 Å². The summed E-state index contributed by atoms with van der Waals surface area (Å²) < 4.78 is 1.08. The Morgan fingerprint density at radius 1 is 0.806 bits per heavy atom. The van der Waals surface area contributed by atoms with Crippen molar-refractivity contribution in [3.63, 3.8) is 0 Å². The molecular weight excluding hydrogens is 384 g/mol. The number of rotatable bonds is 3. The number of carbonyl (C=O) groups excluding carboxylic acids is 1. The van der Waals surface area contributed by atoms with Crippen LogP contribution in [0.25, 0.3) is 22.4 Å². The Bertz CT molecular complexity index is 1220. The van der Waals surface area contributed by atoms with Gasteiger partial charge in [0.1, 0.15) is 0 Å². The van der Waals surface area contributed by atoms with Crippen LogP contribution in [0.5, 0.6) is 0 Å². The molecular formula is C27H22N2O2. The van der Waals surface area contributed by atoms with Crippen molar-refractivity contribution in [2.24, 2.45) is 0 Å². The second kappa shape index (κ2) is 8.07. The lowest BCUT2D eigenvalue weighted by Crippen LogP contribution is -2.44. The average Bonchev–Trinajstić information content (AvgIpc) is 2.85. The first-order valence-corrected chi connectivity index (χ1v) is 10.5. The van der Waals surface area contributed by atoms with Gasteiger partial charge in [0, 0.05) is 23.2 Å². The van der Waals surface area contributed by atoms with Crippen LogP contribution in [0.15, 0.2) is 97.1 Å². The maximum absolute atomic E-state index is 13.6. The van der Waals surface area contributed by atoms with Gasteiger partial charge in [0.25, 0.3) is 5.91 Å². The fourth-order valence-electron chi connectivity index (χ4n) is 4.27. The maximum atomic E-state index is 13.6. The first kappa shape index (κ1) is 19.1. The Hall–Kier alpha value is -3.92. The molecule has 0 aliphatic carbocycles. The second-order valence-corrected chi connectivity index (χ2v) is 7.75. The van der Waals surface area contributed by atoms with E-state index in [0.717, 1.165) is 32.7 Å². The lowest BCUT2D eigenvalue weighted by atomic mass is 9.94. The van der Waals surface area contributed by atoms with Crippen molar-refractivity contribution >= 4 is 5.91 Å². The Kier molecular flexibility index (Phi) is 4.97. The van der Waals surface area contributed by atoms with Crippen LogP contribution < -0.4 is 4.73 Å². The molecule has 0 atom stereocenters. The SMILES string of the molecule is O=C(c1ccccc1)N1CCc2c(cc(-c3ccccc3)c(-c3ccccc3)[n+]2[O-])C1. The van der Waals surface area contributed by atoms with Crippen LogP contribution in [0.2, 0.25) is 0 Å². The van der Waals surface area contributed by atoms with E-state index in [9.17, 15) is 10.0 Å². The lowest BCUT2D eigenvalue weighted by Gasteiger charge is -2.29. The first-order chi connectivity index (χ1) is 15.2. The fourth-order valence-corrected chi connectivity index (χ4v) is 4.27. The van der Waals surface area contributed by atoms with Crippen molar-refractivity contribution in [2.45, 2.75) is 13.0 Å². The minimum atomic E-state index is -0.00269. The van der Waals surface area contributed by atoms with E-state index < -0.39 is 0 Å². The largest absolute Gasteiger partial charge is 0.618 e. The molecule has 5 rings (SSSR count). The van der Waals surface area contributed by atoms with Crippen LogP contribution in [0.3, 0.4) is 0 Å². The van der Waals surface area contributed by atoms with E-state index in [1.807, 2.05) is 95.9 Å². The molecule has 2 heterocycles. The Morgan fingerprint density at radius 3 is 2.03 bits per heavy atom. The summed E-state index contributed by atoms with van der Waals surface area (Å²) in [6, 6.07) is 31.1. The third kappa shape index (κ3) is 3.57. The summed E-state index contributed by atoms with van der Waals surface area (Å²) in [5, 5.41) is 13.6. The predicted octanol–water partition coefficient (Wildman–Crippen LogP) is 4.85. The number of fused-ring (bicyclic) bond motifs is 1. The normalized spacial score (nSPS) is 13.0. The molecule has 4 heteroatoms. The molecule has 0 unspecified atom stereocenters. The smallest absolute Gasteiger partial charge is 0.254 e. The Labute approximate surface area is 181 Å². The van der Waals surface area contributed by atoms with E-state index in [4.69, 9.17) is 0 Å². The molecule has 0 N–H and O–H groups in total. The van der Waals surface area contributed by atoms with E-state index in [1.165, 1.54) is 0 Å². The van der Waals surface area contributed by atoms with Crippen molar-refractivity contribution in [1.82, 2.24) is 4.90 Å². The molecule has 0 radical (unpaired) electrons. The molecule has 0 saturated carbocycles. The first-order valence-electron chi connectivity index (χ1n) is 10.5. The van der Waals surface area contributed by atoms with E-state index in [2.05, 4.69) is 6.07 Å². The van der Waals surface area contributed by atoms with Gasteiger partial charge in [-0.2, -0.15) is 4.73 Å². The van der Waals surface area contributed by atoms with Crippen molar-refractivity contribution < 1.29 is 9.52 Å². The topological polar surface area (TPSA) is 47.2 Å². The maximum Gasteiger partial charge on any atom is 0.254 e. The van der Waals surface area contributed by atoms with Gasteiger partial charge in [0.15, 0.2) is 5.69 Å². The zero-order valence-electron chi connectivity index (χ0n) is 17.1. The van der Waals surface area contributed by atoms with E-state index in [1.54, 1.807) is 0 Å². The van der Waals surface area contributed by atoms with E-state index >= 15 is 0 Å². The number of pyridine rings is 1. The quantitative estimate of drug-likeness (QED) is 0.361. The molecule has 31 heavy (non-hydrogen) atoms. The molecule has 4 nitrogen and oxygen atoms in total. The molecule has 152 valence electrons. The van der Waals surface area contributed by atoms with Crippen LogP contribution in [-0.2, 0) is 13.0 Å². The molecule has 3 aromatic carbocycles. The van der Waals surface area contributed by atoms with Crippen LogP contribution in [0.4, 0.5) is 0 Å². The summed E-state index contributed by atoms with van der Waals surface area (Å²) in [5.74, 6) is -0.00269. The van der Waals surface area contributed by atoms with Gasteiger partial charge in [-0.1, -0.05) is 66.7 Å². The number of benzene rings is 3. The Morgan fingerprint density at radius 2 is 1.39 bits per heavy atom. The van der Waals surface area contributed by atoms with Crippen molar-refractivity contribution in [2.75, 3.05) is 6.54 Å². The summed E-state index contributed by atoms with van der Waals surface area (Å²) in [6.45, 7) is 0.960. The van der Waals surface area contributed by atoms with Gasteiger partial charge in [-0.25, -0.2) is 0 Å². The second-order valence-electron chi connectivity index (χ2n) is 7.75. The summed E-state index contributed by atoms with van der Waals surface area (Å²) in [4.78, 5) is 14.8. The Balaban J connectivity index is 1.61. The number of amides is 1. The zero-order valence-corrected chi connectivity index (χ0v) is 17.1. The highest BCUT2D eigenvalue weighted by molar-refractivity contribution is 5.94. The molecule has 0 spiro atoms. The fraction of sp³-hybridized carbons (Fsp3) is 0.111. The highest BCUT2D eigenvalue weighted by Gasteiger charge is 2.30. The van der Waals surface area contributed by atoms with E-state index in [0.29, 0.717) is 30.8 Å². The van der Waals surface area contributed by atoms with Crippen molar-refractivity contribution in [1.29, 1.82) is 0 Å². The molecule has 0 saturated heterocycles. The average molecular weight is 406 g/mol. The van der Waals surface area contributed by atoms with Gasteiger partial charge in [0.2, 0.25) is 5.69 Å². The third-order valence-corrected chi connectivity index (χ3v) is 5.81. The molecule has 0 bridgehead atoms. The minimum Gasteiger partial charge on any atom is -0.618 e. The van der Waals surface area contributed by atoms with Gasteiger partial charge >= 0.3 is 0 Å². The summed E-state index contributed by atoms with van der Waals surface area (Å²) in [7, 11) is 0. The molecule has 1 amide bonds. The summed E-state index contributed by atoms with van der Waals surface area (Å²) in [5.41, 5.74) is 5.75. The van der Waals surface area contributed by atoms with Gasteiger partial charge in [-0.15, -0.1) is 0 Å². The van der Waals surface area contributed by atoms with Crippen molar-refractivity contribution in [3.8, 4) is 22.4 Å². The van der Waals surface area contributed by atoms with Gasteiger partial charge < -0.3 is 10.1 Å². The molecule has 1 aliphatic rings. The minimum absolute atomic E-state index is 0.00269. The number of nitrogens with zero attached hydrogens (tertiary/aromatic N) is 2. The van der Waals surface area contributed by atoms with Gasteiger partial charge in [-0.3, -0.25) is 4.79 Å². The number of hydrogen-bond donors (Lipinski definition) is 0. The number of aromatic nitrogens is 1. The number of carbonyl (C=O) groups is 1. The van der Waals surface area contributed by atoms with Gasteiger partial charge in [-0.05, 0) is 35.9 Å². The lowest BCUT2D eigenvalue weighted by molar-refractivity contribution is -0.603.